The molecule has 0 aromatic heterocycles. The molecular formula is C25H26N4O2. The van der Waals surface area contributed by atoms with Crippen molar-refractivity contribution in [2.45, 2.75) is 37.6 Å². The first-order valence-corrected chi connectivity index (χ1v) is 10.9. The van der Waals surface area contributed by atoms with Crippen molar-refractivity contribution < 1.29 is 9.53 Å². The van der Waals surface area contributed by atoms with E-state index >= 15 is 0 Å². The third-order valence-corrected chi connectivity index (χ3v) is 6.28. The predicted octanol–water partition coefficient (Wildman–Crippen LogP) is 3.58. The number of rotatable bonds is 6. The first-order valence-electron chi connectivity index (χ1n) is 10.9. The average molecular weight is 415 g/mol. The van der Waals surface area contributed by atoms with Gasteiger partial charge in [0.15, 0.2) is 0 Å². The van der Waals surface area contributed by atoms with E-state index in [1.54, 1.807) is 24.3 Å². The summed E-state index contributed by atoms with van der Waals surface area (Å²) in [6.07, 6.45) is 4.19. The van der Waals surface area contributed by atoms with E-state index in [2.05, 4.69) is 22.4 Å². The normalized spacial score (nSPS) is 19.8. The van der Waals surface area contributed by atoms with Gasteiger partial charge in [-0.1, -0.05) is 0 Å². The van der Waals surface area contributed by atoms with Crippen molar-refractivity contribution in [1.82, 2.24) is 10.2 Å². The molecule has 4 rings (SSSR count). The van der Waals surface area contributed by atoms with E-state index in [0.29, 0.717) is 41.8 Å². The fourth-order valence-corrected chi connectivity index (χ4v) is 4.64. The van der Waals surface area contributed by atoms with E-state index in [1.807, 2.05) is 18.2 Å². The molecule has 1 amide bonds. The van der Waals surface area contributed by atoms with Gasteiger partial charge in [-0.2, -0.15) is 10.5 Å². The van der Waals surface area contributed by atoms with Gasteiger partial charge in [-0.25, -0.2) is 0 Å². The van der Waals surface area contributed by atoms with E-state index < -0.39 is 0 Å². The van der Waals surface area contributed by atoms with Crippen molar-refractivity contribution in [2.24, 2.45) is 0 Å². The van der Waals surface area contributed by atoms with Crippen LogP contribution in [-0.2, 0) is 0 Å². The maximum atomic E-state index is 12.2. The van der Waals surface area contributed by atoms with E-state index in [0.717, 1.165) is 44.5 Å². The number of fused-ring (bicyclic) bond motifs is 3. The Morgan fingerprint density at radius 1 is 1.10 bits per heavy atom. The van der Waals surface area contributed by atoms with Crippen LogP contribution in [0, 0.1) is 22.7 Å². The number of benzene rings is 2. The SMILES string of the molecule is N#Cc1ccc(C(=O)NCCCCN2CCC[C@H]3c4cc(C#N)ccc4OC[C@@H]32)cc1. The molecule has 158 valence electrons. The molecule has 0 saturated carbocycles. The molecule has 2 aliphatic rings. The summed E-state index contributed by atoms with van der Waals surface area (Å²) in [5.74, 6) is 1.24. The molecule has 0 aliphatic carbocycles. The monoisotopic (exact) mass is 414 g/mol. The second-order valence-electron chi connectivity index (χ2n) is 8.18. The third kappa shape index (κ3) is 4.71. The van der Waals surface area contributed by atoms with Gasteiger partial charge in [0.05, 0.1) is 29.3 Å². The van der Waals surface area contributed by atoms with Crippen LogP contribution in [0.3, 0.4) is 0 Å². The number of carbonyl (C=O) groups is 1. The summed E-state index contributed by atoms with van der Waals surface area (Å²) in [6, 6.07) is 17.1. The topological polar surface area (TPSA) is 89.2 Å². The minimum atomic E-state index is -0.104. The van der Waals surface area contributed by atoms with Crippen LogP contribution < -0.4 is 10.1 Å². The fourth-order valence-electron chi connectivity index (χ4n) is 4.64. The molecule has 6 nitrogen and oxygen atoms in total. The number of nitrogens with one attached hydrogen (secondary N) is 1. The largest absolute Gasteiger partial charge is 0.492 e. The van der Waals surface area contributed by atoms with Gasteiger partial charge in [0.2, 0.25) is 0 Å². The molecule has 2 aromatic rings. The Kier molecular flexibility index (Phi) is 6.50. The summed E-state index contributed by atoms with van der Waals surface area (Å²) in [5.41, 5.74) is 3.00. The molecule has 0 bridgehead atoms. The Morgan fingerprint density at radius 3 is 2.65 bits per heavy atom. The highest BCUT2D eigenvalue weighted by atomic mass is 16.5. The second kappa shape index (κ2) is 9.64. The minimum Gasteiger partial charge on any atom is -0.492 e. The minimum absolute atomic E-state index is 0.104. The molecule has 2 atom stereocenters. The maximum Gasteiger partial charge on any atom is 0.251 e. The van der Waals surface area contributed by atoms with Gasteiger partial charge >= 0.3 is 0 Å². The van der Waals surface area contributed by atoms with Crippen LogP contribution in [0.15, 0.2) is 42.5 Å². The Balaban J connectivity index is 1.26. The summed E-state index contributed by atoms with van der Waals surface area (Å²) < 4.78 is 6.02. The van der Waals surface area contributed by atoms with Crippen LogP contribution in [0.5, 0.6) is 5.75 Å². The van der Waals surface area contributed by atoms with E-state index in [1.165, 1.54) is 5.56 Å². The fraction of sp³-hybridized carbons (Fsp3) is 0.400. The molecule has 0 unspecified atom stereocenters. The summed E-state index contributed by atoms with van der Waals surface area (Å²) in [4.78, 5) is 14.7. The van der Waals surface area contributed by atoms with Crippen LogP contribution in [0.2, 0.25) is 0 Å². The highest BCUT2D eigenvalue weighted by molar-refractivity contribution is 5.94. The van der Waals surface area contributed by atoms with Crippen LogP contribution >= 0.6 is 0 Å². The molecule has 2 aliphatic heterocycles. The zero-order valence-electron chi connectivity index (χ0n) is 17.5. The van der Waals surface area contributed by atoms with Gasteiger partial charge in [0.25, 0.3) is 5.91 Å². The van der Waals surface area contributed by atoms with E-state index in [-0.39, 0.29) is 5.91 Å². The molecule has 1 N–H and O–H groups in total. The van der Waals surface area contributed by atoms with Crippen LogP contribution in [0.1, 0.15) is 58.6 Å². The summed E-state index contributed by atoms with van der Waals surface area (Å²) >= 11 is 0. The highest BCUT2D eigenvalue weighted by Gasteiger charge is 2.37. The van der Waals surface area contributed by atoms with Crippen LogP contribution in [-0.4, -0.2) is 43.1 Å². The first-order chi connectivity index (χ1) is 15.2. The van der Waals surface area contributed by atoms with Gasteiger partial charge in [-0.15, -0.1) is 0 Å². The summed E-state index contributed by atoms with van der Waals surface area (Å²) in [6.45, 7) is 3.37. The Labute approximate surface area is 183 Å². The third-order valence-electron chi connectivity index (χ3n) is 6.28. The molecule has 31 heavy (non-hydrogen) atoms. The van der Waals surface area contributed by atoms with Crippen molar-refractivity contribution in [3.63, 3.8) is 0 Å². The lowest BCUT2D eigenvalue weighted by Gasteiger charge is -2.44. The number of hydrogen-bond donors (Lipinski definition) is 1. The highest BCUT2D eigenvalue weighted by Crippen LogP contribution is 2.41. The maximum absolute atomic E-state index is 12.2. The molecule has 1 fully saturated rings. The van der Waals surface area contributed by atoms with Crippen molar-refractivity contribution in [3.05, 3.63) is 64.7 Å². The van der Waals surface area contributed by atoms with Gasteiger partial charge in [0.1, 0.15) is 12.4 Å². The van der Waals surface area contributed by atoms with Gasteiger partial charge < -0.3 is 10.1 Å². The van der Waals surface area contributed by atoms with Crippen molar-refractivity contribution in [3.8, 4) is 17.9 Å². The number of nitrogens with zero attached hydrogens (tertiary/aromatic N) is 3. The van der Waals surface area contributed by atoms with Crippen molar-refractivity contribution >= 4 is 5.91 Å². The molecule has 2 aromatic carbocycles. The number of piperidine rings is 1. The molecule has 2 heterocycles. The van der Waals surface area contributed by atoms with E-state index in [4.69, 9.17) is 10.00 Å². The molecule has 0 spiro atoms. The number of unbranched alkanes of at least 4 members (excludes halogenated alkanes) is 1. The zero-order chi connectivity index (χ0) is 21.6. The molecular weight excluding hydrogens is 388 g/mol. The summed E-state index contributed by atoms with van der Waals surface area (Å²) in [7, 11) is 0. The lowest BCUT2D eigenvalue weighted by molar-refractivity contribution is 0.0645. The molecule has 0 radical (unpaired) electrons. The second-order valence-corrected chi connectivity index (χ2v) is 8.18. The lowest BCUT2D eigenvalue weighted by atomic mass is 9.81. The standard InChI is InChI=1S/C25H26N4O2/c26-15-18-5-8-20(9-6-18)25(30)28-11-1-2-12-29-13-3-4-21-22-14-19(16-27)7-10-24(22)31-17-23(21)29/h5-10,14,21,23H,1-4,11-13,17H2,(H,28,30)/t21-,23-/m0/s1. The number of likely N-dealkylation sites (tertiary alicyclic amines) is 1. The van der Waals surface area contributed by atoms with Gasteiger partial charge in [-0.3, -0.25) is 9.69 Å². The smallest absolute Gasteiger partial charge is 0.251 e. The first kappa shape index (κ1) is 20.9. The van der Waals surface area contributed by atoms with Crippen molar-refractivity contribution in [2.75, 3.05) is 26.2 Å². The Morgan fingerprint density at radius 2 is 1.87 bits per heavy atom. The Hall–Kier alpha value is -3.35. The zero-order valence-corrected chi connectivity index (χ0v) is 17.5. The van der Waals surface area contributed by atoms with Crippen LogP contribution in [0.4, 0.5) is 0 Å². The quantitative estimate of drug-likeness (QED) is 0.730. The molecule has 6 heteroatoms. The van der Waals surface area contributed by atoms with Crippen molar-refractivity contribution in [1.29, 1.82) is 10.5 Å². The predicted molar refractivity (Wildman–Crippen MR) is 117 cm³/mol. The number of ether oxygens (including phenoxy) is 1. The lowest BCUT2D eigenvalue weighted by Crippen LogP contribution is -2.49. The number of nitriles is 2. The van der Waals surface area contributed by atoms with E-state index in [9.17, 15) is 10.1 Å². The van der Waals surface area contributed by atoms with Gasteiger partial charge in [0, 0.05) is 23.6 Å². The Bertz CT molecular complexity index is 1020. The summed E-state index contributed by atoms with van der Waals surface area (Å²) in [5, 5.41) is 21.0. The molecule has 1 saturated heterocycles. The van der Waals surface area contributed by atoms with Crippen LogP contribution in [0.25, 0.3) is 0 Å². The number of hydrogen-bond acceptors (Lipinski definition) is 5. The number of amides is 1. The van der Waals surface area contributed by atoms with Gasteiger partial charge in [-0.05, 0) is 81.2 Å². The average Bonchev–Trinajstić information content (AvgIpc) is 2.83. The number of carbonyl (C=O) groups excluding carboxylic acids is 1.